The van der Waals surface area contributed by atoms with E-state index >= 15 is 4.39 Å². The third-order valence-electron chi connectivity index (χ3n) is 9.91. The molecule has 2 N–H and O–H groups in total. The molecule has 0 radical (unpaired) electrons. The van der Waals surface area contributed by atoms with E-state index in [9.17, 15) is 32.0 Å². The first-order valence-electron chi connectivity index (χ1n) is 16.8. The Kier molecular flexibility index (Phi) is 10.2. The number of likely N-dealkylation sites (tertiary alicyclic amines) is 1. The molecule has 0 saturated carbocycles. The molecule has 1 amide bonds. The highest BCUT2D eigenvalue weighted by atomic mass is 32.1. The van der Waals surface area contributed by atoms with Crippen LogP contribution in [0.25, 0.3) is 32.1 Å². The minimum Gasteiger partial charge on any atom is -0.467 e. The fraction of sp³-hybridized carbons (Fsp3) is 0.486. The van der Waals surface area contributed by atoms with Crippen molar-refractivity contribution in [2.45, 2.75) is 70.4 Å². The first-order chi connectivity index (χ1) is 24.3. The number of thiophene rings is 1. The zero-order valence-electron chi connectivity index (χ0n) is 28.3. The molecule has 0 aliphatic carbocycles. The zero-order chi connectivity index (χ0) is 36.8. The Labute approximate surface area is 294 Å². The third kappa shape index (κ3) is 6.73. The summed E-state index contributed by atoms with van der Waals surface area (Å²) in [6, 6.07) is 4.52. The predicted octanol–water partition coefficient (Wildman–Crippen LogP) is 7.30. The van der Waals surface area contributed by atoms with Crippen molar-refractivity contribution in [2.75, 3.05) is 50.5 Å². The van der Waals surface area contributed by atoms with Crippen LogP contribution in [0.2, 0.25) is 0 Å². The van der Waals surface area contributed by atoms with Crippen molar-refractivity contribution in [1.82, 2.24) is 19.8 Å². The van der Waals surface area contributed by atoms with Crippen molar-refractivity contribution >= 4 is 49.1 Å². The Morgan fingerprint density at radius 2 is 1.94 bits per heavy atom. The number of amides is 1. The molecule has 2 aromatic carbocycles. The van der Waals surface area contributed by atoms with Gasteiger partial charge in [0.2, 0.25) is 5.91 Å². The van der Waals surface area contributed by atoms with Gasteiger partial charge in [0.1, 0.15) is 34.4 Å². The monoisotopic (exact) mass is 733 g/mol. The van der Waals surface area contributed by atoms with Gasteiger partial charge in [-0.1, -0.05) is 13.0 Å². The van der Waals surface area contributed by atoms with Crippen LogP contribution in [-0.4, -0.2) is 83.8 Å². The molecule has 7 rings (SSSR count). The molecule has 3 fully saturated rings. The smallest absolute Gasteiger partial charge is 0.417 e. The summed E-state index contributed by atoms with van der Waals surface area (Å²) >= 11 is 0.691. The number of nitrogens with two attached hydrogens (primary N) is 1. The Balaban J connectivity index is 0.000000428. The van der Waals surface area contributed by atoms with Crippen LogP contribution in [0.15, 0.2) is 18.2 Å². The number of ether oxygens (including phenoxy) is 1. The minimum absolute atomic E-state index is 0.0212. The fourth-order valence-electron chi connectivity index (χ4n) is 7.55. The highest BCUT2D eigenvalue weighted by Gasteiger charge is 2.39. The lowest BCUT2D eigenvalue weighted by molar-refractivity contribution is -0.137. The average molecular weight is 734 g/mol. The topological polar surface area (TPSA) is 112 Å². The number of alkyl halides is 4. The van der Waals surface area contributed by atoms with Crippen molar-refractivity contribution in [3.63, 3.8) is 0 Å². The number of carbonyl (C=O) groups is 1. The molecule has 3 aliphatic rings. The van der Waals surface area contributed by atoms with Crippen molar-refractivity contribution in [2.24, 2.45) is 0 Å². The number of nitriles is 1. The second kappa shape index (κ2) is 14.3. The fourth-order valence-corrected chi connectivity index (χ4v) is 8.50. The number of rotatable bonds is 6. The van der Waals surface area contributed by atoms with E-state index in [2.05, 4.69) is 14.9 Å². The van der Waals surface area contributed by atoms with Crippen molar-refractivity contribution in [3.05, 3.63) is 41.0 Å². The molecular weight excluding hydrogens is 696 g/mol. The van der Waals surface area contributed by atoms with Gasteiger partial charge in [-0.15, -0.1) is 11.3 Å². The lowest BCUT2D eigenvalue weighted by atomic mass is 9.92. The largest absolute Gasteiger partial charge is 0.467 e. The molecular formula is C35H37F6N7O2S. The van der Waals surface area contributed by atoms with Crippen LogP contribution < -0.4 is 15.4 Å². The molecule has 3 saturated heterocycles. The van der Waals surface area contributed by atoms with E-state index in [1.807, 2.05) is 0 Å². The first-order valence-corrected chi connectivity index (χ1v) is 17.6. The number of benzene rings is 2. The van der Waals surface area contributed by atoms with Gasteiger partial charge in [-0.05, 0) is 56.8 Å². The summed E-state index contributed by atoms with van der Waals surface area (Å²) in [7, 11) is 1.25. The number of methoxy groups -OCH3 is 1. The van der Waals surface area contributed by atoms with Gasteiger partial charge in [0.05, 0.1) is 22.9 Å². The van der Waals surface area contributed by atoms with Gasteiger partial charge >= 0.3 is 12.2 Å². The van der Waals surface area contributed by atoms with Gasteiger partial charge < -0.3 is 20.3 Å². The molecule has 9 nitrogen and oxygen atoms in total. The maximum atomic E-state index is 16.5. The number of carbonyl (C=O) groups excluding carboxylic acids is 1. The highest BCUT2D eigenvalue weighted by Crippen LogP contribution is 2.48. The summed E-state index contributed by atoms with van der Waals surface area (Å²) in [6.45, 7) is 6.46. The van der Waals surface area contributed by atoms with Crippen molar-refractivity contribution in [1.29, 1.82) is 5.26 Å². The third-order valence-corrected chi connectivity index (χ3v) is 10.9. The minimum atomic E-state index is -5.06. The summed E-state index contributed by atoms with van der Waals surface area (Å²) in [6.07, 6.45) is -1.41. The molecule has 0 bridgehead atoms. The quantitative estimate of drug-likeness (QED) is 0.206. The van der Waals surface area contributed by atoms with E-state index in [4.69, 9.17) is 10.5 Å². The molecule has 0 spiro atoms. The van der Waals surface area contributed by atoms with E-state index in [0.717, 1.165) is 31.2 Å². The molecule has 51 heavy (non-hydrogen) atoms. The van der Waals surface area contributed by atoms with Crippen molar-refractivity contribution < 1.29 is 35.9 Å². The van der Waals surface area contributed by atoms with Crippen LogP contribution in [-0.2, 0) is 11.0 Å². The SMILES string of the molecule is CCC(=O)N1CCC(N(CC)c2nc(OC)nc3c(F)c(-c4ccc(F)c5sc(N)c(C#N)c45)c(C(F)(F)F)cc23)C1.FC1CC2CCCN2C1. The van der Waals surface area contributed by atoms with E-state index in [-0.39, 0.29) is 61.9 Å². The molecule has 5 heterocycles. The Morgan fingerprint density at radius 1 is 1.18 bits per heavy atom. The van der Waals surface area contributed by atoms with Crippen LogP contribution in [0, 0.1) is 23.0 Å². The number of nitrogens with zero attached hydrogens (tertiary/aromatic N) is 6. The second-order valence-electron chi connectivity index (χ2n) is 12.8. The number of likely N-dealkylation sites (N-methyl/N-ethyl adjacent to an activating group) is 1. The Morgan fingerprint density at radius 3 is 2.59 bits per heavy atom. The molecule has 272 valence electrons. The van der Waals surface area contributed by atoms with Gasteiger partial charge in [0.25, 0.3) is 0 Å². The Bertz CT molecular complexity index is 2000. The molecule has 3 aliphatic heterocycles. The van der Waals surface area contributed by atoms with Gasteiger partial charge in [-0.3, -0.25) is 9.69 Å². The Hall–Kier alpha value is -4.36. The van der Waals surface area contributed by atoms with Gasteiger partial charge in [-0.25, -0.2) is 13.2 Å². The van der Waals surface area contributed by atoms with Crippen LogP contribution in [0.3, 0.4) is 0 Å². The number of aromatic nitrogens is 2. The van der Waals surface area contributed by atoms with E-state index in [0.29, 0.717) is 49.9 Å². The molecule has 3 unspecified atom stereocenters. The normalized spacial score (nSPS) is 20.4. The number of halogens is 6. The average Bonchev–Trinajstić information content (AvgIpc) is 3.89. The molecule has 16 heteroatoms. The summed E-state index contributed by atoms with van der Waals surface area (Å²) in [5.74, 6) is -2.18. The van der Waals surface area contributed by atoms with Crippen molar-refractivity contribution in [3.8, 4) is 23.2 Å². The molecule has 2 aromatic heterocycles. The van der Waals surface area contributed by atoms with Crippen LogP contribution in [0.5, 0.6) is 6.01 Å². The van der Waals surface area contributed by atoms with Gasteiger partial charge in [-0.2, -0.15) is 28.4 Å². The lowest BCUT2D eigenvalue weighted by Crippen LogP contribution is -2.39. The van der Waals surface area contributed by atoms with Crippen LogP contribution >= 0.6 is 11.3 Å². The van der Waals surface area contributed by atoms with E-state index in [1.54, 1.807) is 29.7 Å². The van der Waals surface area contributed by atoms with E-state index < -0.39 is 40.6 Å². The van der Waals surface area contributed by atoms with Crippen LogP contribution in [0.4, 0.5) is 37.2 Å². The maximum Gasteiger partial charge on any atom is 0.417 e. The number of nitrogen functional groups attached to an aromatic ring is 1. The number of hydrogen-bond acceptors (Lipinski definition) is 9. The number of fused-ring (bicyclic) bond motifs is 3. The molecule has 3 atom stereocenters. The summed E-state index contributed by atoms with van der Waals surface area (Å²) in [4.78, 5) is 26.4. The standard InChI is InChI=1S/C28H25F5N6O2S.C7H12FN/c1-4-19(40)38-9-8-13(12-38)39(5-2)26-15-10-17(28(31,32)33)21(22(30)23(15)36-27(37-26)41-3)14-6-7-18(29)24-20(14)16(11-34)25(35)42-24;8-6-4-7-2-1-3-9(7)5-6/h6-7,10,13H,4-5,8-9,12,35H2,1-3H3;6-7H,1-5H2. The highest BCUT2D eigenvalue weighted by molar-refractivity contribution is 7.23. The van der Waals surface area contributed by atoms with Gasteiger partial charge in [0.15, 0.2) is 5.82 Å². The molecule has 4 aromatic rings. The van der Waals surface area contributed by atoms with E-state index in [1.165, 1.54) is 20.0 Å². The summed E-state index contributed by atoms with van der Waals surface area (Å²) in [5.41, 5.74) is 2.59. The van der Waals surface area contributed by atoms with Gasteiger partial charge in [0, 0.05) is 61.0 Å². The maximum absolute atomic E-state index is 16.5. The number of hydrogen-bond donors (Lipinski definition) is 1. The summed E-state index contributed by atoms with van der Waals surface area (Å²) < 4.78 is 93.0. The first kappa shape index (κ1) is 36.4. The number of anilines is 2. The summed E-state index contributed by atoms with van der Waals surface area (Å²) in [5, 5.41) is 9.14. The lowest BCUT2D eigenvalue weighted by Gasteiger charge is -2.30. The zero-order valence-corrected chi connectivity index (χ0v) is 29.1. The second-order valence-corrected chi connectivity index (χ2v) is 13.9. The predicted molar refractivity (Wildman–Crippen MR) is 183 cm³/mol. The van der Waals surface area contributed by atoms with Crippen LogP contribution in [0.1, 0.15) is 57.1 Å².